The van der Waals surface area contributed by atoms with Gasteiger partial charge >= 0.3 is 0 Å². The molecule has 1 aromatic carbocycles. The van der Waals surface area contributed by atoms with Crippen molar-refractivity contribution < 1.29 is 14.2 Å². The molecule has 0 radical (unpaired) electrons. The summed E-state index contributed by atoms with van der Waals surface area (Å²) in [5, 5.41) is 3.26. The van der Waals surface area contributed by atoms with Gasteiger partial charge in [0, 0.05) is 13.7 Å². The van der Waals surface area contributed by atoms with E-state index in [1.54, 1.807) is 14.2 Å². The van der Waals surface area contributed by atoms with E-state index >= 15 is 0 Å². The number of methoxy groups -OCH3 is 2. The van der Waals surface area contributed by atoms with Crippen molar-refractivity contribution in [2.45, 2.75) is 12.8 Å². The monoisotopic (exact) mass is 281 g/mol. The lowest BCUT2D eigenvalue weighted by atomic mass is 9.96. The minimum Gasteiger partial charge on any atom is -0.496 e. The molecule has 4 heteroatoms. The zero-order chi connectivity index (χ0) is 14.6. The molecule has 0 aliphatic carbocycles. The van der Waals surface area contributed by atoms with Crippen molar-refractivity contribution in [1.82, 2.24) is 5.32 Å². The van der Waals surface area contributed by atoms with E-state index in [0.717, 1.165) is 31.7 Å². The van der Waals surface area contributed by atoms with Crippen LogP contribution in [-0.4, -0.2) is 47.6 Å². The molecule has 1 rings (SSSR count). The molecule has 1 aromatic rings. The smallest absolute Gasteiger partial charge is 0.122 e. The Morgan fingerprint density at radius 3 is 2.60 bits per heavy atom. The number of benzene rings is 1. The van der Waals surface area contributed by atoms with Gasteiger partial charge in [0.05, 0.1) is 20.3 Å². The van der Waals surface area contributed by atoms with Gasteiger partial charge in [-0.2, -0.15) is 0 Å². The molecule has 114 valence electrons. The molecule has 0 bridgehead atoms. The summed E-state index contributed by atoms with van der Waals surface area (Å²) in [5.74, 6) is 1.51. The first-order chi connectivity index (χ1) is 9.81. The maximum absolute atomic E-state index is 5.56. The third-order valence-corrected chi connectivity index (χ3v) is 3.30. The van der Waals surface area contributed by atoms with E-state index in [1.165, 1.54) is 5.56 Å². The molecule has 0 aliphatic rings. The zero-order valence-corrected chi connectivity index (χ0v) is 12.9. The Bertz CT molecular complexity index is 357. The summed E-state index contributed by atoms with van der Waals surface area (Å²) in [7, 11) is 5.40. The van der Waals surface area contributed by atoms with E-state index in [2.05, 4.69) is 17.4 Å². The average Bonchev–Trinajstić information content (AvgIpc) is 2.47. The van der Waals surface area contributed by atoms with Crippen molar-refractivity contribution in [3.63, 3.8) is 0 Å². The van der Waals surface area contributed by atoms with E-state index in [0.29, 0.717) is 19.1 Å². The van der Waals surface area contributed by atoms with Gasteiger partial charge in [-0.1, -0.05) is 18.2 Å². The third kappa shape index (κ3) is 6.37. The molecule has 0 spiro atoms. The van der Waals surface area contributed by atoms with Crippen LogP contribution < -0.4 is 10.1 Å². The molecule has 1 N–H and O–H groups in total. The summed E-state index contributed by atoms with van der Waals surface area (Å²) in [6, 6.07) is 8.21. The van der Waals surface area contributed by atoms with Crippen molar-refractivity contribution >= 4 is 0 Å². The number of hydrogen-bond donors (Lipinski definition) is 1. The highest BCUT2D eigenvalue weighted by atomic mass is 16.5. The first-order valence-corrected chi connectivity index (χ1v) is 7.15. The summed E-state index contributed by atoms with van der Waals surface area (Å²) < 4.78 is 15.9. The summed E-state index contributed by atoms with van der Waals surface area (Å²) >= 11 is 0. The first kappa shape index (κ1) is 17.0. The van der Waals surface area contributed by atoms with Gasteiger partial charge in [0.2, 0.25) is 0 Å². The van der Waals surface area contributed by atoms with E-state index < -0.39 is 0 Å². The summed E-state index contributed by atoms with van der Waals surface area (Å²) in [5.41, 5.74) is 1.26. The van der Waals surface area contributed by atoms with E-state index in [-0.39, 0.29) is 0 Å². The van der Waals surface area contributed by atoms with Crippen LogP contribution in [0.3, 0.4) is 0 Å². The molecule has 0 heterocycles. The van der Waals surface area contributed by atoms with Crippen LogP contribution in [0.4, 0.5) is 0 Å². The Morgan fingerprint density at radius 2 is 1.90 bits per heavy atom. The first-order valence-electron chi connectivity index (χ1n) is 7.15. The number of hydrogen-bond acceptors (Lipinski definition) is 4. The second kappa shape index (κ2) is 10.7. The molecule has 0 saturated carbocycles. The molecule has 0 aromatic heterocycles. The Kier molecular flexibility index (Phi) is 9.04. The molecule has 0 saturated heterocycles. The maximum atomic E-state index is 5.56. The van der Waals surface area contributed by atoms with Gasteiger partial charge in [-0.15, -0.1) is 0 Å². The van der Waals surface area contributed by atoms with Gasteiger partial charge in [-0.05, 0) is 44.0 Å². The van der Waals surface area contributed by atoms with Crippen LogP contribution in [0.2, 0.25) is 0 Å². The average molecular weight is 281 g/mol. The third-order valence-electron chi connectivity index (χ3n) is 3.30. The molecule has 0 fully saturated rings. The highest BCUT2D eigenvalue weighted by Crippen LogP contribution is 2.22. The van der Waals surface area contributed by atoms with Crippen LogP contribution >= 0.6 is 0 Å². The number of para-hydroxylation sites is 1. The van der Waals surface area contributed by atoms with Gasteiger partial charge in [-0.25, -0.2) is 0 Å². The fraction of sp³-hybridized carbons (Fsp3) is 0.625. The van der Waals surface area contributed by atoms with Gasteiger partial charge in [0.25, 0.3) is 0 Å². The number of ether oxygens (including phenoxy) is 3. The van der Waals surface area contributed by atoms with Gasteiger partial charge in [0.1, 0.15) is 5.75 Å². The van der Waals surface area contributed by atoms with Crippen molar-refractivity contribution in [3.8, 4) is 5.75 Å². The van der Waals surface area contributed by atoms with Crippen molar-refractivity contribution in [3.05, 3.63) is 29.8 Å². The van der Waals surface area contributed by atoms with Crippen molar-refractivity contribution in [1.29, 1.82) is 0 Å². The predicted molar refractivity (Wildman–Crippen MR) is 81.4 cm³/mol. The van der Waals surface area contributed by atoms with Crippen LogP contribution in [0, 0.1) is 5.92 Å². The zero-order valence-electron chi connectivity index (χ0n) is 12.9. The van der Waals surface area contributed by atoms with Gasteiger partial charge in [-0.3, -0.25) is 0 Å². The van der Waals surface area contributed by atoms with Crippen molar-refractivity contribution in [2.24, 2.45) is 5.92 Å². The van der Waals surface area contributed by atoms with Crippen LogP contribution in [0.1, 0.15) is 12.0 Å². The van der Waals surface area contributed by atoms with E-state index in [4.69, 9.17) is 14.2 Å². The standard InChI is InChI=1S/C16H27NO3/c1-17-13-14(8-9-20-11-10-18-2)12-15-6-4-5-7-16(15)19-3/h4-7,14,17H,8-13H2,1-3H3. The largest absolute Gasteiger partial charge is 0.496 e. The molecular weight excluding hydrogens is 254 g/mol. The molecule has 1 unspecified atom stereocenters. The van der Waals surface area contributed by atoms with Crippen LogP contribution in [0.5, 0.6) is 5.75 Å². The van der Waals surface area contributed by atoms with Crippen molar-refractivity contribution in [2.75, 3.05) is 47.6 Å². The molecule has 0 amide bonds. The Balaban J connectivity index is 2.45. The molecule has 0 aliphatic heterocycles. The highest BCUT2D eigenvalue weighted by molar-refractivity contribution is 5.33. The Hall–Kier alpha value is -1.10. The van der Waals surface area contributed by atoms with Crippen LogP contribution in [0.15, 0.2) is 24.3 Å². The molecular formula is C16H27NO3. The second-order valence-electron chi connectivity index (χ2n) is 4.83. The Morgan fingerprint density at radius 1 is 1.10 bits per heavy atom. The van der Waals surface area contributed by atoms with Gasteiger partial charge in [0.15, 0.2) is 0 Å². The van der Waals surface area contributed by atoms with E-state index in [1.807, 2.05) is 19.2 Å². The lowest BCUT2D eigenvalue weighted by Gasteiger charge is -2.18. The quantitative estimate of drug-likeness (QED) is 0.631. The summed E-state index contributed by atoms with van der Waals surface area (Å²) in [6.45, 7) is 3.07. The fourth-order valence-corrected chi connectivity index (χ4v) is 2.24. The fourth-order valence-electron chi connectivity index (χ4n) is 2.24. The SMILES string of the molecule is CNCC(CCOCCOC)Cc1ccccc1OC. The minimum absolute atomic E-state index is 0.541. The molecule has 20 heavy (non-hydrogen) atoms. The lowest BCUT2D eigenvalue weighted by molar-refractivity contribution is 0.0637. The lowest BCUT2D eigenvalue weighted by Crippen LogP contribution is -2.22. The molecule has 4 nitrogen and oxygen atoms in total. The topological polar surface area (TPSA) is 39.7 Å². The number of rotatable bonds is 11. The maximum Gasteiger partial charge on any atom is 0.122 e. The summed E-state index contributed by atoms with van der Waals surface area (Å²) in [6.07, 6.45) is 2.03. The predicted octanol–water partition coefficient (Wildman–Crippen LogP) is 2.13. The Labute approximate surface area is 122 Å². The van der Waals surface area contributed by atoms with Gasteiger partial charge < -0.3 is 19.5 Å². The summed E-state index contributed by atoms with van der Waals surface area (Å²) in [4.78, 5) is 0. The highest BCUT2D eigenvalue weighted by Gasteiger charge is 2.12. The van der Waals surface area contributed by atoms with Crippen LogP contribution in [0.25, 0.3) is 0 Å². The molecule has 1 atom stereocenters. The number of nitrogens with one attached hydrogen (secondary N) is 1. The van der Waals surface area contributed by atoms with E-state index in [9.17, 15) is 0 Å². The second-order valence-corrected chi connectivity index (χ2v) is 4.83. The van der Waals surface area contributed by atoms with Crippen LogP contribution in [-0.2, 0) is 15.9 Å². The minimum atomic E-state index is 0.541. The normalized spacial score (nSPS) is 12.3.